The van der Waals surface area contributed by atoms with Gasteiger partial charge in [-0.1, -0.05) is 49.4 Å². The lowest BCUT2D eigenvalue weighted by Crippen LogP contribution is -2.53. The van der Waals surface area contributed by atoms with Crippen LogP contribution in [0.3, 0.4) is 0 Å². The molecule has 0 saturated carbocycles. The van der Waals surface area contributed by atoms with Crippen LogP contribution in [0.4, 0.5) is 0 Å². The molecule has 1 aliphatic rings. The number of rotatable bonds is 10. The van der Waals surface area contributed by atoms with Crippen LogP contribution in [0.1, 0.15) is 53.9 Å². The Morgan fingerprint density at radius 1 is 1.05 bits per heavy atom. The van der Waals surface area contributed by atoms with Gasteiger partial charge in [-0.05, 0) is 63.7 Å². The smallest absolute Gasteiger partial charge is 0.255 e. The lowest BCUT2D eigenvalue weighted by molar-refractivity contribution is -0.0632. The van der Waals surface area contributed by atoms with E-state index >= 15 is 0 Å². The van der Waals surface area contributed by atoms with Gasteiger partial charge in [0.2, 0.25) is 15.9 Å². The molecule has 1 amide bonds. The number of likely N-dealkylation sites (N-methyl/N-ethyl adjacent to an activating group) is 1. The zero-order valence-electron chi connectivity index (χ0n) is 23.7. The number of aromatic nitrogens is 1. The van der Waals surface area contributed by atoms with Crippen molar-refractivity contribution < 1.29 is 23.1 Å². The van der Waals surface area contributed by atoms with Crippen LogP contribution in [0, 0.1) is 0 Å². The SMILES string of the molecule is CCc1ccc(S(=O)(=O)N[C@@H]2c3cc(C(=O)N(CCN(C)C)Cc4ccccc4)cnc3OC(C)(C)[C@H]2O)cc1. The van der Waals surface area contributed by atoms with Crippen molar-refractivity contribution >= 4 is 15.9 Å². The summed E-state index contributed by atoms with van der Waals surface area (Å²) in [5.41, 5.74) is 1.45. The van der Waals surface area contributed by atoms with Crippen LogP contribution in [0.15, 0.2) is 71.8 Å². The van der Waals surface area contributed by atoms with Crippen LogP contribution in [0.5, 0.6) is 5.88 Å². The van der Waals surface area contributed by atoms with Gasteiger partial charge >= 0.3 is 0 Å². The standard InChI is InChI=1S/C30H38N4O5S/c1-6-21-12-14-24(15-13-21)40(37,38)32-26-25-18-23(19-31-28(25)39-30(2,3)27(26)35)29(36)34(17-16-33(4)5)20-22-10-8-7-9-11-22/h7-15,18-19,26-27,32,35H,6,16-17,20H2,1-5H3/t26-,27+/m1/s1. The maximum absolute atomic E-state index is 13.8. The molecule has 3 aromatic rings. The Balaban J connectivity index is 1.68. The summed E-state index contributed by atoms with van der Waals surface area (Å²) >= 11 is 0. The molecule has 2 heterocycles. The Morgan fingerprint density at radius 2 is 1.73 bits per heavy atom. The van der Waals surface area contributed by atoms with Gasteiger partial charge in [0, 0.05) is 31.4 Å². The number of amides is 1. The number of pyridine rings is 1. The van der Waals surface area contributed by atoms with Crippen molar-refractivity contribution in [2.24, 2.45) is 0 Å². The molecule has 0 aliphatic carbocycles. The van der Waals surface area contributed by atoms with Crippen LogP contribution in [0.25, 0.3) is 0 Å². The summed E-state index contributed by atoms with van der Waals surface area (Å²) in [5, 5.41) is 11.2. The molecule has 1 aliphatic heterocycles. The molecule has 0 radical (unpaired) electrons. The van der Waals surface area contributed by atoms with E-state index in [0.717, 1.165) is 17.5 Å². The van der Waals surface area contributed by atoms with Gasteiger partial charge in [0.05, 0.1) is 16.5 Å². The molecule has 214 valence electrons. The van der Waals surface area contributed by atoms with Crippen LogP contribution in [-0.4, -0.2) is 73.1 Å². The van der Waals surface area contributed by atoms with Crippen molar-refractivity contribution in [2.75, 3.05) is 27.2 Å². The lowest BCUT2D eigenvalue weighted by atomic mass is 9.88. The summed E-state index contributed by atoms with van der Waals surface area (Å²) in [7, 11) is -0.127. The van der Waals surface area contributed by atoms with Gasteiger partial charge in [0.15, 0.2) is 0 Å². The van der Waals surface area contributed by atoms with E-state index < -0.39 is 27.8 Å². The molecule has 2 aromatic carbocycles. The van der Waals surface area contributed by atoms with E-state index in [1.165, 1.54) is 6.20 Å². The molecule has 0 bridgehead atoms. The summed E-state index contributed by atoms with van der Waals surface area (Å²) < 4.78 is 35.4. The molecule has 0 unspecified atom stereocenters. The number of nitrogens with one attached hydrogen (secondary N) is 1. The second-order valence-corrected chi connectivity index (χ2v) is 12.6. The Kier molecular flexibility index (Phi) is 8.94. The third-order valence-electron chi connectivity index (χ3n) is 7.09. The van der Waals surface area contributed by atoms with Gasteiger partial charge in [-0.15, -0.1) is 0 Å². The van der Waals surface area contributed by atoms with E-state index in [1.54, 1.807) is 49.1 Å². The van der Waals surface area contributed by atoms with E-state index in [2.05, 4.69) is 9.71 Å². The maximum atomic E-state index is 13.8. The number of aliphatic hydroxyl groups is 1. The largest absolute Gasteiger partial charge is 0.469 e. The summed E-state index contributed by atoms with van der Waals surface area (Å²) in [6.45, 7) is 6.87. The quantitative estimate of drug-likeness (QED) is 0.387. The average Bonchev–Trinajstić information content (AvgIpc) is 2.93. The Morgan fingerprint density at radius 3 is 2.35 bits per heavy atom. The Labute approximate surface area is 236 Å². The third-order valence-corrected chi connectivity index (χ3v) is 8.55. The first-order valence-corrected chi connectivity index (χ1v) is 14.9. The molecule has 0 spiro atoms. The predicted molar refractivity (Wildman–Crippen MR) is 154 cm³/mol. The number of fused-ring (bicyclic) bond motifs is 1. The van der Waals surface area contributed by atoms with Gasteiger partial charge in [-0.3, -0.25) is 4.79 Å². The molecule has 0 saturated heterocycles. The van der Waals surface area contributed by atoms with Gasteiger partial charge < -0.3 is 19.6 Å². The highest BCUT2D eigenvalue weighted by Crippen LogP contribution is 2.39. The lowest BCUT2D eigenvalue weighted by Gasteiger charge is -2.41. The first kappa shape index (κ1) is 29.7. The Hall–Kier alpha value is -3.31. The fourth-order valence-electron chi connectivity index (χ4n) is 4.60. The molecule has 2 N–H and O–H groups in total. The minimum absolute atomic E-state index is 0.0839. The van der Waals surface area contributed by atoms with Gasteiger partial charge in [0.25, 0.3) is 5.91 Å². The first-order valence-electron chi connectivity index (χ1n) is 13.4. The number of nitrogens with zero attached hydrogens (tertiary/aromatic N) is 3. The normalized spacial score (nSPS) is 18.2. The number of aryl methyl sites for hydroxylation is 1. The molecular formula is C30H38N4O5S. The fraction of sp³-hybridized carbons (Fsp3) is 0.400. The van der Waals surface area contributed by atoms with E-state index in [1.807, 2.05) is 56.3 Å². The van der Waals surface area contributed by atoms with Gasteiger partial charge in [-0.2, -0.15) is 0 Å². The van der Waals surface area contributed by atoms with Crippen LogP contribution < -0.4 is 9.46 Å². The van der Waals surface area contributed by atoms with E-state index in [0.29, 0.717) is 25.2 Å². The second kappa shape index (κ2) is 12.1. The van der Waals surface area contributed by atoms with Crippen LogP contribution >= 0.6 is 0 Å². The molecule has 10 heteroatoms. The molecular weight excluding hydrogens is 528 g/mol. The zero-order chi connectivity index (χ0) is 29.1. The molecule has 9 nitrogen and oxygen atoms in total. The van der Waals surface area contributed by atoms with Crippen molar-refractivity contribution in [1.29, 1.82) is 0 Å². The summed E-state index contributed by atoms with van der Waals surface area (Å²) in [5.74, 6) is -0.0825. The number of benzene rings is 2. The molecule has 1 aromatic heterocycles. The molecule has 2 atom stereocenters. The molecule has 0 fully saturated rings. The zero-order valence-corrected chi connectivity index (χ0v) is 24.5. The minimum atomic E-state index is -4.01. The highest BCUT2D eigenvalue weighted by Gasteiger charge is 2.45. The number of sulfonamides is 1. The predicted octanol–water partition coefficient (Wildman–Crippen LogP) is 3.40. The highest BCUT2D eigenvalue weighted by atomic mass is 32.2. The van der Waals surface area contributed by atoms with Crippen LogP contribution in [-0.2, 0) is 23.0 Å². The summed E-state index contributed by atoms with van der Waals surface area (Å²) in [4.78, 5) is 22.0. The first-order chi connectivity index (χ1) is 18.9. The number of hydrogen-bond acceptors (Lipinski definition) is 7. The number of hydrogen-bond donors (Lipinski definition) is 2. The van der Waals surface area contributed by atoms with Gasteiger partial charge in [0.1, 0.15) is 11.7 Å². The fourth-order valence-corrected chi connectivity index (χ4v) is 5.82. The van der Waals surface area contributed by atoms with Crippen molar-refractivity contribution in [3.63, 3.8) is 0 Å². The number of aliphatic hydroxyl groups excluding tert-OH is 1. The summed E-state index contributed by atoms with van der Waals surface area (Å²) in [6.07, 6.45) is 0.982. The van der Waals surface area contributed by atoms with Crippen LogP contribution in [0.2, 0.25) is 0 Å². The number of carbonyl (C=O) groups excluding carboxylic acids is 1. The van der Waals surface area contributed by atoms with Crippen molar-refractivity contribution in [3.05, 3.63) is 89.1 Å². The third kappa shape index (κ3) is 6.69. The number of ether oxygens (including phenoxy) is 1. The maximum Gasteiger partial charge on any atom is 0.255 e. The summed E-state index contributed by atoms with van der Waals surface area (Å²) in [6, 6.07) is 16.8. The minimum Gasteiger partial charge on any atom is -0.469 e. The monoisotopic (exact) mass is 566 g/mol. The molecule has 4 rings (SSSR count). The van der Waals surface area contributed by atoms with Crippen molar-refractivity contribution in [1.82, 2.24) is 19.5 Å². The molecule has 40 heavy (non-hydrogen) atoms. The number of carbonyl (C=O) groups is 1. The van der Waals surface area contributed by atoms with E-state index in [-0.39, 0.29) is 22.2 Å². The average molecular weight is 567 g/mol. The van der Waals surface area contributed by atoms with Crippen molar-refractivity contribution in [2.45, 2.75) is 56.4 Å². The van der Waals surface area contributed by atoms with Crippen molar-refractivity contribution in [3.8, 4) is 5.88 Å². The van der Waals surface area contributed by atoms with E-state index in [9.17, 15) is 18.3 Å². The van der Waals surface area contributed by atoms with E-state index in [4.69, 9.17) is 4.74 Å². The Bertz CT molecular complexity index is 1430. The second-order valence-electron chi connectivity index (χ2n) is 10.9. The highest BCUT2D eigenvalue weighted by molar-refractivity contribution is 7.89. The topological polar surface area (TPSA) is 112 Å². The van der Waals surface area contributed by atoms with Gasteiger partial charge in [-0.25, -0.2) is 18.1 Å².